The summed E-state index contributed by atoms with van der Waals surface area (Å²) in [6.45, 7) is 17.1. The minimum absolute atomic E-state index is 0.0441. The van der Waals surface area contributed by atoms with Gasteiger partial charge >= 0.3 is 5.97 Å². The summed E-state index contributed by atoms with van der Waals surface area (Å²) in [6.07, 6.45) is 7.17. The molecule has 3 aliphatic heterocycles. The number of hydrogen-bond acceptors (Lipinski definition) is 4. The predicted octanol–water partition coefficient (Wildman–Crippen LogP) is 5.34. The van der Waals surface area contributed by atoms with Crippen molar-refractivity contribution in [2.75, 3.05) is 6.61 Å². The maximum absolute atomic E-state index is 12.5. The van der Waals surface area contributed by atoms with E-state index in [0.717, 1.165) is 12.8 Å². The Morgan fingerprint density at radius 2 is 1.93 bits per heavy atom. The van der Waals surface area contributed by atoms with Crippen molar-refractivity contribution in [1.29, 1.82) is 0 Å². The third kappa shape index (κ3) is 2.73. The van der Waals surface area contributed by atoms with E-state index < -0.39 is 8.32 Å². The largest absolute Gasteiger partial charge is 0.465 e. The normalized spacial score (nSPS) is 45.1. The van der Waals surface area contributed by atoms with Gasteiger partial charge in [-0.15, -0.1) is 0 Å². The molecule has 0 unspecified atom stereocenters. The molecule has 4 nitrogen and oxygen atoms in total. The van der Waals surface area contributed by atoms with E-state index in [9.17, 15) is 4.79 Å². The van der Waals surface area contributed by atoms with Crippen molar-refractivity contribution in [2.45, 2.75) is 96.2 Å². The van der Waals surface area contributed by atoms with E-state index in [1.54, 1.807) is 0 Å². The smallest absolute Gasteiger partial charge is 0.312 e. The van der Waals surface area contributed by atoms with Crippen LogP contribution in [0, 0.1) is 35.5 Å². The van der Waals surface area contributed by atoms with E-state index in [-0.39, 0.29) is 40.7 Å². The molecule has 2 bridgehead atoms. The van der Waals surface area contributed by atoms with Crippen molar-refractivity contribution in [3.05, 3.63) is 11.6 Å². The third-order valence-corrected chi connectivity index (χ3v) is 14.3. The number of hydrogen-bond donors (Lipinski definition) is 0. The molecular formula is C25H40O4Si. The minimum Gasteiger partial charge on any atom is -0.465 e. The predicted molar refractivity (Wildman–Crippen MR) is 119 cm³/mol. The number of ether oxygens (including phenoxy) is 2. The zero-order valence-electron chi connectivity index (χ0n) is 19.9. The summed E-state index contributed by atoms with van der Waals surface area (Å²) in [4.78, 5) is 12.5. The molecule has 8 atom stereocenters. The van der Waals surface area contributed by atoms with Gasteiger partial charge in [0.1, 0.15) is 5.60 Å². The van der Waals surface area contributed by atoms with E-state index in [4.69, 9.17) is 13.9 Å². The minimum atomic E-state index is -1.91. The Balaban J connectivity index is 1.57. The van der Waals surface area contributed by atoms with E-state index in [2.05, 4.69) is 53.8 Å². The average Bonchev–Trinajstić information content (AvgIpc) is 3.29. The lowest BCUT2D eigenvalue weighted by molar-refractivity contribution is -0.157. The number of cyclic esters (lactones) is 1. The molecule has 5 aliphatic rings. The maximum atomic E-state index is 12.5. The summed E-state index contributed by atoms with van der Waals surface area (Å²) in [7, 11) is -1.91. The van der Waals surface area contributed by atoms with Crippen molar-refractivity contribution in [1.82, 2.24) is 0 Å². The Morgan fingerprint density at radius 1 is 1.20 bits per heavy atom. The molecule has 0 N–H and O–H groups in total. The van der Waals surface area contributed by atoms with Crippen molar-refractivity contribution in [2.24, 2.45) is 35.5 Å². The van der Waals surface area contributed by atoms with Crippen LogP contribution < -0.4 is 0 Å². The monoisotopic (exact) mass is 432 g/mol. The molecular weight excluding hydrogens is 392 g/mol. The van der Waals surface area contributed by atoms with Gasteiger partial charge in [0.15, 0.2) is 8.32 Å². The Bertz CT molecular complexity index is 766. The van der Waals surface area contributed by atoms with Gasteiger partial charge in [-0.05, 0) is 67.1 Å². The van der Waals surface area contributed by atoms with Gasteiger partial charge in [-0.2, -0.15) is 0 Å². The first-order valence-electron chi connectivity index (χ1n) is 12.2. The zero-order valence-corrected chi connectivity index (χ0v) is 20.9. The fraction of sp³-hybridized carbons (Fsp3) is 0.880. The third-order valence-electron chi connectivity index (χ3n) is 9.76. The van der Waals surface area contributed by atoms with E-state index in [1.165, 1.54) is 18.4 Å². The van der Waals surface area contributed by atoms with E-state index in [0.29, 0.717) is 30.3 Å². The highest BCUT2D eigenvalue weighted by molar-refractivity contribution is 6.74. The van der Waals surface area contributed by atoms with Crippen LogP contribution in [0.4, 0.5) is 0 Å². The first-order valence-corrected chi connectivity index (χ1v) is 15.1. The maximum Gasteiger partial charge on any atom is 0.312 e. The van der Waals surface area contributed by atoms with Crippen molar-refractivity contribution < 1.29 is 18.7 Å². The molecule has 0 aromatic carbocycles. The summed E-state index contributed by atoms with van der Waals surface area (Å²) >= 11 is 0. The second kappa shape index (κ2) is 6.68. The molecule has 2 aliphatic carbocycles. The molecule has 2 saturated heterocycles. The van der Waals surface area contributed by atoms with Crippen LogP contribution in [0.2, 0.25) is 18.1 Å². The quantitative estimate of drug-likeness (QED) is 0.343. The van der Waals surface area contributed by atoms with Crippen LogP contribution in [0.3, 0.4) is 0 Å². The molecule has 4 fully saturated rings. The van der Waals surface area contributed by atoms with Crippen LogP contribution >= 0.6 is 0 Å². The van der Waals surface area contributed by atoms with Crippen LogP contribution in [0.5, 0.6) is 0 Å². The first-order chi connectivity index (χ1) is 14.0. The van der Waals surface area contributed by atoms with Gasteiger partial charge in [-0.3, -0.25) is 4.79 Å². The topological polar surface area (TPSA) is 44.8 Å². The molecule has 0 aromatic heterocycles. The van der Waals surface area contributed by atoms with Crippen molar-refractivity contribution in [3.63, 3.8) is 0 Å². The van der Waals surface area contributed by atoms with Crippen molar-refractivity contribution >= 4 is 14.3 Å². The lowest BCUT2D eigenvalue weighted by atomic mass is 9.51. The Morgan fingerprint density at radius 3 is 2.60 bits per heavy atom. The summed E-state index contributed by atoms with van der Waals surface area (Å²) in [5.74, 6) is 2.38. The molecule has 5 heteroatoms. The second-order valence-electron chi connectivity index (χ2n) is 12.5. The number of fused-ring (bicyclic) bond motifs is 4. The van der Waals surface area contributed by atoms with Gasteiger partial charge < -0.3 is 13.9 Å². The zero-order chi connectivity index (χ0) is 21.6. The molecule has 5 rings (SSSR count). The summed E-state index contributed by atoms with van der Waals surface area (Å²) < 4.78 is 19.7. The highest BCUT2D eigenvalue weighted by Gasteiger charge is 2.72. The average molecular weight is 433 g/mol. The first kappa shape index (κ1) is 21.2. The summed E-state index contributed by atoms with van der Waals surface area (Å²) in [5, 5.41) is 0.187. The highest BCUT2D eigenvalue weighted by Crippen LogP contribution is 2.66. The molecule has 3 heterocycles. The van der Waals surface area contributed by atoms with Crippen LogP contribution in [0.1, 0.15) is 60.3 Å². The standard InChI is InChI=1S/C25H40O4Si/c1-14(2)16-10-11-19(29-30(6,7)24(3,4)5)22-17(16)9-8-15-12-20-21-18(13-27-23(21)26)25(15,22)28-20/h12,14,16-22H,8-11,13H2,1-7H3/t16-,17-,18-,19+,20-,21+,22-,25+/m1/s1. The molecule has 1 spiro atoms. The molecule has 30 heavy (non-hydrogen) atoms. The van der Waals surface area contributed by atoms with Crippen LogP contribution in [0.25, 0.3) is 0 Å². The van der Waals surface area contributed by atoms with Gasteiger partial charge in [-0.25, -0.2) is 0 Å². The number of carbonyl (C=O) groups is 1. The molecule has 168 valence electrons. The van der Waals surface area contributed by atoms with Crippen molar-refractivity contribution in [3.8, 4) is 0 Å². The molecule has 0 radical (unpaired) electrons. The Hall–Kier alpha value is -0.653. The number of carbonyl (C=O) groups excluding carboxylic acids is 1. The Labute approximate surface area is 183 Å². The van der Waals surface area contributed by atoms with Gasteiger partial charge in [0.2, 0.25) is 0 Å². The second-order valence-corrected chi connectivity index (χ2v) is 17.2. The van der Waals surface area contributed by atoms with Crippen LogP contribution in [-0.4, -0.2) is 38.7 Å². The van der Waals surface area contributed by atoms with Crippen LogP contribution in [0.15, 0.2) is 11.6 Å². The van der Waals surface area contributed by atoms with Gasteiger partial charge in [0.05, 0.1) is 24.7 Å². The number of esters is 1. The van der Waals surface area contributed by atoms with E-state index >= 15 is 0 Å². The van der Waals surface area contributed by atoms with Gasteiger partial charge in [0.25, 0.3) is 0 Å². The fourth-order valence-corrected chi connectivity index (χ4v) is 8.77. The van der Waals surface area contributed by atoms with E-state index in [1.807, 2.05) is 0 Å². The SMILES string of the molecule is CC(C)[C@H]1CC[C@H](O[Si](C)(C)C(C)(C)C)[C@H]2[C@@H]1CCC1=C[C@H]3O[C@]12[C@@H]1COC(=O)[C@@H]13. The number of rotatable bonds is 3. The van der Waals surface area contributed by atoms with Crippen LogP contribution in [-0.2, 0) is 18.7 Å². The summed E-state index contributed by atoms with van der Waals surface area (Å²) in [5.41, 5.74) is 1.13. The molecule has 0 aromatic rings. The fourth-order valence-electron chi connectivity index (χ4n) is 7.39. The lowest BCUT2D eigenvalue weighted by Crippen LogP contribution is -2.61. The summed E-state index contributed by atoms with van der Waals surface area (Å²) in [6, 6.07) is 0. The molecule has 0 amide bonds. The molecule has 2 saturated carbocycles. The highest BCUT2D eigenvalue weighted by atomic mass is 28.4. The van der Waals surface area contributed by atoms with Gasteiger partial charge in [-0.1, -0.05) is 40.7 Å². The lowest BCUT2D eigenvalue weighted by Gasteiger charge is -2.58. The van der Waals surface area contributed by atoms with Gasteiger partial charge in [0, 0.05) is 11.8 Å². The Kier molecular flexibility index (Phi) is 4.72.